The van der Waals surface area contributed by atoms with Gasteiger partial charge in [0.2, 0.25) is 0 Å². The number of carboxylic acid groups (broad SMARTS) is 1. The maximum absolute atomic E-state index is 12.8. The van der Waals surface area contributed by atoms with Crippen molar-refractivity contribution in [2.45, 2.75) is 18.8 Å². The molecule has 0 saturated heterocycles. The average molecular weight is 469 g/mol. The molecule has 3 N–H and O–H groups in total. The van der Waals surface area contributed by atoms with Crippen LogP contribution in [0.15, 0.2) is 45.7 Å². The highest BCUT2D eigenvalue weighted by atomic mass is 79.9. The molecule has 1 aliphatic heterocycles. The van der Waals surface area contributed by atoms with E-state index >= 15 is 0 Å². The molecule has 0 amide bonds. The second kappa shape index (κ2) is 6.51. The predicted octanol–water partition coefficient (Wildman–Crippen LogP) is 4.35. The number of anilines is 1. The second-order valence-corrected chi connectivity index (χ2v) is 7.43. The summed E-state index contributed by atoms with van der Waals surface area (Å²) < 4.78 is 40.3. The lowest BCUT2D eigenvalue weighted by Crippen LogP contribution is -2.34. The van der Waals surface area contributed by atoms with Gasteiger partial charge in [-0.2, -0.15) is 13.2 Å². The number of hydrogen-bond donors (Lipinski definition) is 3. The highest BCUT2D eigenvalue weighted by molar-refractivity contribution is 9.10. The summed E-state index contributed by atoms with van der Waals surface area (Å²) in [5, 5.41) is 23.0. The molecular weight excluding hydrogens is 457 g/mol. The van der Waals surface area contributed by atoms with Crippen molar-refractivity contribution in [3.05, 3.63) is 67.9 Å². The van der Waals surface area contributed by atoms with E-state index in [9.17, 15) is 33.0 Å². The Labute approximate surface area is 169 Å². The predicted molar refractivity (Wildman–Crippen MR) is 102 cm³/mol. The van der Waals surface area contributed by atoms with Crippen molar-refractivity contribution in [2.75, 3.05) is 5.32 Å². The molecule has 1 atom stereocenters. The number of rotatable bonds is 2. The summed E-state index contributed by atoms with van der Waals surface area (Å²) in [6, 6.07) is 7.00. The van der Waals surface area contributed by atoms with Gasteiger partial charge in [-0.25, -0.2) is 4.79 Å². The molecule has 2 aromatic carbocycles. The monoisotopic (exact) mass is 468 g/mol. The number of aromatic hydroxyl groups is 1. The number of halogens is 4. The van der Waals surface area contributed by atoms with E-state index in [-0.39, 0.29) is 11.9 Å². The van der Waals surface area contributed by atoms with Gasteiger partial charge in [-0.3, -0.25) is 4.79 Å². The van der Waals surface area contributed by atoms with E-state index in [1.165, 1.54) is 22.8 Å². The normalized spacial score (nSPS) is 15.9. The van der Waals surface area contributed by atoms with Crippen LogP contribution in [0.2, 0.25) is 0 Å². The zero-order valence-electron chi connectivity index (χ0n) is 14.4. The largest absolute Gasteiger partial charge is 0.506 e. The smallest absolute Gasteiger partial charge is 0.416 e. The van der Waals surface area contributed by atoms with Crippen LogP contribution >= 0.6 is 15.9 Å². The number of nitrogens with one attached hydrogen (secondary N) is 1. The fourth-order valence-electron chi connectivity index (χ4n) is 3.51. The van der Waals surface area contributed by atoms with Gasteiger partial charge in [0.05, 0.1) is 29.4 Å². The van der Waals surface area contributed by atoms with E-state index < -0.39 is 40.6 Å². The molecule has 1 aliphatic rings. The van der Waals surface area contributed by atoms with Crippen LogP contribution in [0.5, 0.6) is 5.75 Å². The number of aromatic carboxylic acids is 1. The lowest BCUT2D eigenvalue weighted by atomic mass is 10.00. The first-order valence-electron chi connectivity index (χ1n) is 8.34. The van der Waals surface area contributed by atoms with Gasteiger partial charge in [0.1, 0.15) is 5.75 Å². The molecule has 0 aliphatic carbocycles. The number of alkyl halides is 3. The third-order valence-corrected chi connectivity index (χ3v) is 5.55. The first kappa shape index (κ1) is 19.3. The van der Waals surface area contributed by atoms with Gasteiger partial charge in [-0.05, 0) is 45.8 Å². The van der Waals surface area contributed by atoms with Crippen LogP contribution in [0.4, 0.5) is 18.9 Å². The molecular formula is C19H12BrF3N2O4. The summed E-state index contributed by atoms with van der Waals surface area (Å²) in [6.07, 6.45) is -4.47. The molecule has 150 valence electrons. The molecule has 0 radical (unpaired) electrons. The lowest BCUT2D eigenvalue weighted by Gasteiger charge is -2.30. The third kappa shape index (κ3) is 3.03. The standard InChI is InChI=1S/C19H12BrF3N2O4/c20-11-6-5-10-15-14(11)24-12(8-1-3-9(4-2-8)19(21,22)23)7-25(15)17(27)13(16(10)26)18(28)29/h1-6,12,24,26H,7H2,(H,28,29). The van der Waals surface area contributed by atoms with Gasteiger partial charge in [0.25, 0.3) is 5.56 Å². The topological polar surface area (TPSA) is 91.6 Å². The van der Waals surface area contributed by atoms with Crippen LogP contribution in [0, 0.1) is 0 Å². The first-order valence-corrected chi connectivity index (χ1v) is 9.14. The van der Waals surface area contributed by atoms with Crippen molar-refractivity contribution in [3.63, 3.8) is 0 Å². The Bertz CT molecular complexity index is 1220. The lowest BCUT2D eigenvalue weighted by molar-refractivity contribution is -0.137. The van der Waals surface area contributed by atoms with E-state index in [0.29, 0.717) is 21.2 Å². The van der Waals surface area contributed by atoms with Crippen LogP contribution in [0.3, 0.4) is 0 Å². The quantitative estimate of drug-likeness (QED) is 0.519. The van der Waals surface area contributed by atoms with Gasteiger partial charge < -0.3 is 20.1 Å². The summed E-state index contributed by atoms with van der Waals surface area (Å²) in [5.74, 6) is -2.19. The Morgan fingerprint density at radius 1 is 1.17 bits per heavy atom. The molecule has 0 saturated carbocycles. The van der Waals surface area contributed by atoms with Crippen molar-refractivity contribution >= 4 is 38.5 Å². The van der Waals surface area contributed by atoms with Gasteiger partial charge in [-0.15, -0.1) is 0 Å². The Hall–Kier alpha value is -3.01. The summed E-state index contributed by atoms with van der Waals surface area (Å²) in [4.78, 5) is 24.3. The summed E-state index contributed by atoms with van der Waals surface area (Å²) in [5.41, 5.74) is -1.20. The van der Waals surface area contributed by atoms with Crippen molar-refractivity contribution in [2.24, 2.45) is 0 Å². The number of carboxylic acids is 1. The highest BCUT2D eigenvalue weighted by Crippen LogP contribution is 2.41. The summed E-state index contributed by atoms with van der Waals surface area (Å²) in [6.45, 7) is -0.0231. The van der Waals surface area contributed by atoms with Crippen LogP contribution in [0.25, 0.3) is 10.9 Å². The number of nitrogens with zero attached hydrogens (tertiary/aromatic N) is 1. The molecule has 0 bridgehead atoms. The SMILES string of the molecule is O=C(O)c1c(O)c2ccc(Br)c3c2n(c1=O)CC(c1ccc(C(F)(F)F)cc1)N3. The molecule has 3 aromatic rings. The number of aromatic nitrogens is 1. The minimum atomic E-state index is -4.47. The van der Waals surface area contributed by atoms with E-state index in [1.54, 1.807) is 6.07 Å². The summed E-state index contributed by atoms with van der Waals surface area (Å²) in [7, 11) is 0. The number of pyridine rings is 1. The maximum Gasteiger partial charge on any atom is 0.416 e. The van der Waals surface area contributed by atoms with Crippen LogP contribution < -0.4 is 10.9 Å². The Morgan fingerprint density at radius 2 is 1.83 bits per heavy atom. The number of hydrogen-bond acceptors (Lipinski definition) is 4. The van der Waals surface area contributed by atoms with Gasteiger partial charge >= 0.3 is 12.1 Å². The fourth-order valence-corrected chi connectivity index (χ4v) is 3.94. The summed E-state index contributed by atoms with van der Waals surface area (Å²) >= 11 is 3.36. The molecule has 2 heterocycles. The molecule has 0 fully saturated rings. The minimum absolute atomic E-state index is 0.0231. The molecule has 0 spiro atoms. The molecule has 1 aromatic heterocycles. The molecule has 6 nitrogen and oxygen atoms in total. The Kier molecular flexibility index (Phi) is 4.34. The zero-order chi connectivity index (χ0) is 21.1. The van der Waals surface area contributed by atoms with Gasteiger partial charge in [-0.1, -0.05) is 12.1 Å². The van der Waals surface area contributed by atoms with E-state index in [4.69, 9.17) is 0 Å². The number of benzene rings is 2. The van der Waals surface area contributed by atoms with Crippen LogP contribution in [0.1, 0.15) is 27.5 Å². The van der Waals surface area contributed by atoms with E-state index in [1.807, 2.05) is 0 Å². The number of carbonyl (C=O) groups is 1. The van der Waals surface area contributed by atoms with E-state index in [2.05, 4.69) is 21.2 Å². The highest BCUT2D eigenvalue weighted by Gasteiger charge is 2.32. The molecule has 29 heavy (non-hydrogen) atoms. The fraction of sp³-hybridized carbons (Fsp3) is 0.158. The Morgan fingerprint density at radius 3 is 2.41 bits per heavy atom. The minimum Gasteiger partial charge on any atom is -0.506 e. The van der Waals surface area contributed by atoms with Gasteiger partial charge in [0, 0.05) is 9.86 Å². The van der Waals surface area contributed by atoms with E-state index in [0.717, 1.165) is 12.1 Å². The third-order valence-electron chi connectivity index (χ3n) is 4.89. The molecule has 4 rings (SSSR count). The van der Waals surface area contributed by atoms with Crippen molar-refractivity contribution < 1.29 is 28.2 Å². The second-order valence-electron chi connectivity index (χ2n) is 6.58. The van der Waals surface area contributed by atoms with Crippen LogP contribution in [-0.4, -0.2) is 20.7 Å². The van der Waals surface area contributed by atoms with Gasteiger partial charge in [0.15, 0.2) is 5.56 Å². The van der Waals surface area contributed by atoms with Crippen molar-refractivity contribution in [1.29, 1.82) is 0 Å². The van der Waals surface area contributed by atoms with Crippen LogP contribution in [-0.2, 0) is 12.7 Å². The average Bonchev–Trinajstić information content (AvgIpc) is 2.66. The van der Waals surface area contributed by atoms with Crippen molar-refractivity contribution in [1.82, 2.24) is 4.57 Å². The molecule has 10 heteroatoms. The first-order chi connectivity index (χ1) is 13.6. The zero-order valence-corrected chi connectivity index (χ0v) is 16.0. The maximum atomic E-state index is 12.8. The Balaban J connectivity index is 1.89. The molecule has 1 unspecified atom stereocenters. The van der Waals surface area contributed by atoms with Crippen molar-refractivity contribution in [3.8, 4) is 5.75 Å².